The Morgan fingerprint density at radius 2 is 1.43 bits per heavy atom. The molecule has 0 aliphatic heterocycles. The lowest BCUT2D eigenvalue weighted by atomic mass is 9.70. The van der Waals surface area contributed by atoms with Crippen LogP contribution in [0.5, 0.6) is 0 Å². The minimum absolute atomic E-state index is 0.113. The van der Waals surface area contributed by atoms with E-state index < -0.39 is 4.32 Å². The zero-order chi connectivity index (χ0) is 17.1. The fraction of sp³-hybridized carbons (Fsp3) is 0.941. The van der Waals surface area contributed by atoms with Gasteiger partial charge in [0.15, 0.2) is 0 Å². The van der Waals surface area contributed by atoms with E-state index in [0.717, 1.165) is 19.3 Å². The normalized spacial score (nSPS) is 14.2. The molecule has 0 atom stereocenters. The van der Waals surface area contributed by atoms with Crippen LogP contribution >= 0.6 is 27.5 Å². The lowest BCUT2D eigenvalue weighted by Gasteiger charge is -2.38. The Bertz CT molecular complexity index is 349. The first-order valence-corrected chi connectivity index (χ1v) is 8.76. The van der Waals surface area contributed by atoms with Crippen LogP contribution in [-0.4, -0.2) is 21.8 Å². The number of carbonyl (C=O) groups is 1. The molecule has 0 N–H and O–H groups in total. The average molecular weight is 384 g/mol. The standard InChI is InChI=1S/C17H32BrClO2/c1-14(2,9-10-21-13(20)17(7,8)18)11-15(3,4)12-16(5,6)19/h9-12H2,1-8H3. The van der Waals surface area contributed by atoms with E-state index >= 15 is 0 Å². The highest BCUT2D eigenvalue weighted by molar-refractivity contribution is 9.10. The molecule has 0 bridgehead atoms. The molecule has 0 fully saturated rings. The van der Waals surface area contributed by atoms with Crippen molar-refractivity contribution in [3.8, 4) is 0 Å². The number of carbonyl (C=O) groups excluding carboxylic acids is 1. The van der Waals surface area contributed by atoms with Gasteiger partial charge in [-0.3, -0.25) is 4.79 Å². The molecule has 0 aromatic heterocycles. The Kier molecular flexibility index (Phi) is 7.29. The van der Waals surface area contributed by atoms with E-state index in [1.54, 1.807) is 13.8 Å². The second-order valence-corrected chi connectivity index (χ2v) is 11.8. The molecule has 0 aromatic carbocycles. The predicted octanol–water partition coefficient (Wildman–Crippen LogP) is 5.94. The number of rotatable bonds is 8. The summed E-state index contributed by atoms with van der Waals surface area (Å²) < 4.78 is 4.73. The second kappa shape index (κ2) is 7.21. The van der Waals surface area contributed by atoms with Crippen molar-refractivity contribution in [1.29, 1.82) is 0 Å². The largest absolute Gasteiger partial charge is 0.465 e. The van der Waals surface area contributed by atoms with Gasteiger partial charge >= 0.3 is 5.97 Å². The van der Waals surface area contributed by atoms with Gasteiger partial charge in [0.25, 0.3) is 0 Å². The molecule has 0 saturated carbocycles. The van der Waals surface area contributed by atoms with Crippen molar-refractivity contribution in [2.45, 2.75) is 83.9 Å². The summed E-state index contributed by atoms with van der Waals surface area (Å²) >= 11 is 9.69. The van der Waals surface area contributed by atoms with Crippen LogP contribution in [0.2, 0.25) is 0 Å². The van der Waals surface area contributed by atoms with Gasteiger partial charge in [-0.2, -0.15) is 0 Å². The van der Waals surface area contributed by atoms with Crippen molar-refractivity contribution >= 4 is 33.5 Å². The van der Waals surface area contributed by atoms with Gasteiger partial charge in [0, 0.05) is 4.87 Å². The minimum atomic E-state index is -0.612. The number of esters is 1. The number of halogens is 2. The zero-order valence-electron chi connectivity index (χ0n) is 14.9. The van der Waals surface area contributed by atoms with Crippen LogP contribution in [0.1, 0.15) is 74.7 Å². The van der Waals surface area contributed by atoms with Crippen LogP contribution in [0.25, 0.3) is 0 Å². The summed E-state index contributed by atoms with van der Waals surface area (Å²) in [5.74, 6) is -0.209. The molecule has 0 radical (unpaired) electrons. The first-order valence-electron chi connectivity index (χ1n) is 7.59. The number of ether oxygens (including phenoxy) is 1. The molecule has 0 unspecified atom stereocenters. The van der Waals surface area contributed by atoms with Gasteiger partial charge in [-0.05, 0) is 57.8 Å². The van der Waals surface area contributed by atoms with Crippen LogP contribution < -0.4 is 0 Å². The summed E-state index contributed by atoms with van der Waals surface area (Å²) in [5.41, 5.74) is 0.274. The van der Waals surface area contributed by atoms with E-state index in [-0.39, 0.29) is 21.7 Å². The molecule has 2 nitrogen and oxygen atoms in total. The molecule has 0 heterocycles. The molecule has 0 amide bonds. The maximum Gasteiger partial charge on any atom is 0.322 e. The van der Waals surface area contributed by atoms with Crippen molar-refractivity contribution in [1.82, 2.24) is 0 Å². The van der Waals surface area contributed by atoms with E-state index in [0.29, 0.717) is 6.61 Å². The molecular weight excluding hydrogens is 352 g/mol. The highest BCUT2D eigenvalue weighted by Crippen LogP contribution is 2.42. The number of alkyl halides is 2. The fourth-order valence-electron chi connectivity index (χ4n) is 3.18. The molecule has 0 aliphatic rings. The quantitative estimate of drug-likeness (QED) is 0.383. The summed E-state index contributed by atoms with van der Waals surface area (Å²) in [6.07, 6.45) is 2.86. The first kappa shape index (κ1) is 21.2. The van der Waals surface area contributed by atoms with Crippen molar-refractivity contribution < 1.29 is 9.53 Å². The summed E-state index contributed by atoms with van der Waals surface area (Å²) in [6.45, 7) is 17.1. The molecular formula is C17H32BrClO2. The van der Waals surface area contributed by atoms with Crippen molar-refractivity contribution in [2.75, 3.05) is 6.61 Å². The van der Waals surface area contributed by atoms with Crippen LogP contribution in [0.3, 0.4) is 0 Å². The van der Waals surface area contributed by atoms with Gasteiger partial charge in [-0.1, -0.05) is 43.6 Å². The third-order valence-electron chi connectivity index (χ3n) is 3.35. The van der Waals surface area contributed by atoms with Gasteiger partial charge in [0.05, 0.1) is 6.61 Å². The van der Waals surface area contributed by atoms with E-state index in [9.17, 15) is 4.79 Å². The van der Waals surface area contributed by atoms with Gasteiger partial charge < -0.3 is 4.74 Å². The van der Waals surface area contributed by atoms with Crippen LogP contribution in [0.15, 0.2) is 0 Å². The Morgan fingerprint density at radius 1 is 0.952 bits per heavy atom. The molecule has 0 saturated heterocycles. The zero-order valence-corrected chi connectivity index (χ0v) is 17.2. The highest BCUT2D eigenvalue weighted by Gasteiger charge is 2.33. The monoisotopic (exact) mass is 382 g/mol. The molecule has 126 valence electrons. The Balaban J connectivity index is 4.41. The lowest BCUT2D eigenvalue weighted by molar-refractivity contribution is -0.146. The van der Waals surface area contributed by atoms with Crippen molar-refractivity contribution in [3.05, 3.63) is 0 Å². The highest BCUT2D eigenvalue weighted by atomic mass is 79.9. The Labute approximate surface area is 144 Å². The topological polar surface area (TPSA) is 26.3 Å². The van der Waals surface area contributed by atoms with Crippen LogP contribution in [-0.2, 0) is 9.53 Å². The van der Waals surface area contributed by atoms with Gasteiger partial charge in [-0.15, -0.1) is 11.6 Å². The fourth-order valence-corrected chi connectivity index (χ4v) is 3.65. The smallest absolute Gasteiger partial charge is 0.322 e. The van der Waals surface area contributed by atoms with E-state index in [1.165, 1.54) is 0 Å². The molecule has 0 aliphatic carbocycles. The summed E-state index contributed by atoms with van der Waals surface area (Å²) in [4.78, 5) is 11.5. The summed E-state index contributed by atoms with van der Waals surface area (Å²) in [6, 6.07) is 0. The van der Waals surface area contributed by atoms with Crippen molar-refractivity contribution in [3.63, 3.8) is 0 Å². The van der Waals surface area contributed by atoms with E-state index in [2.05, 4.69) is 57.5 Å². The third-order valence-corrected chi connectivity index (χ3v) is 3.81. The Hall–Kier alpha value is 0.240. The number of hydrogen-bond acceptors (Lipinski definition) is 2. The summed E-state index contributed by atoms with van der Waals surface area (Å²) in [7, 11) is 0. The van der Waals surface area contributed by atoms with Gasteiger partial charge in [0.1, 0.15) is 4.32 Å². The minimum Gasteiger partial charge on any atom is -0.465 e. The molecule has 4 heteroatoms. The van der Waals surface area contributed by atoms with Gasteiger partial charge in [0.2, 0.25) is 0 Å². The number of hydrogen-bond donors (Lipinski definition) is 0. The third kappa shape index (κ3) is 10.6. The Morgan fingerprint density at radius 3 is 1.81 bits per heavy atom. The van der Waals surface area contributed by atoms with E-state index in [1.807, 2.05) is 0 Å². The predicted molar refractivity (Wildman–Crippen MR) is 95.3 cm³/mol. The van der Waals surface area contributed by atoms with E-state index in [4.69, 9.17) is 16.3 Å². The van der Waals surface area contributed by atoms with Crippen LogP contribution in [0, 0.1) is 10.8 Å². The maximum absolute atomic E-state index is 11.7. The molecule has 0 rings (SSSR count). The lowest BCUT2D eigenvalue weighted by Crippen LogP contribution is -2.31. The van der Waals surface area contributed by atoms with Crippen LogP contribution in [0.4, 0.5) is 0 Å². The summed E-state index contributed by atoms with van der Waals surface area (Å²) in [5, 5.41) is 0. The second-order valence-electron chi connectivity index (χ2n) is 8.76. The first-order chi connectivity index (χ1) is 9.04. The van der Waals surface area contributed by atoms with Gasteiger partial charge in [-0.25, -0.2) is 0 Å². The molecule has 0 aromatic rings. The van der Waals surface area contributed by atoms with Crippen molar-refractivity contribution in [2.24, 2.45) is 10.8 Å². The maximum atomic E-state index is 11.7. The molecule has 0 spiro atoms. The molecule has 21 heavy (non-hydrogen) atoms. The average Bonchev–Trinajstić information content (AvgIpc) is 2.08. The SMILES string of the molecule is CC(C)(Cl)CC(C)(C)CC(C)(C)CCOC(=O)C(C)(C)Br.